The smallest absolute Gasteiger partial charge is 0.304 e. The maximum absolute atomic E-state index is 12.9. The van der Waals surface area contributed by atoms with Crippen molar-refractivity contribution in [3.63, 3.8) is 0 Å². The first-order valence-electron chi connectivity index (χ1n) is 5.03. The number of hydrogen-bond donors (Lipinski definition) is 2. The number of nitrogens with one attached hydrogen (secondary N) is 1. The Balaban J connectivity index is 2.35. The predicted octanol–water partition coefficient (Wildman–Crippen LogP) is 2.63. The lowest BCUT2D eigenvalue weighted by molar-refractivity contribution is -0.136. The van der Waals surface area contributed by atoms with E-state index in [4.69, 9.17) is 16.7 Å². The zero-order valence-corrected chi connectivity index (χ0v) is 10.9. The minimum atomic E-state index is -0.895. The molecule has 1 aromatic rings. The van der Waals surface area contributed by atoms with Gasteiger partial charge in [-0.1, -0.05) is 11.6 Å². The summed E-state index contributed by atoms with van der Waals surface area (Å²) in [4.78, 5) is 21.7. The van der Waals surface area contributed by atoms with E-state index in [2.05, 4.69) is 5.32 Å². The summed E-state index contributed by atoms with van der Waals surface area (Å²) in [6.07, 6.45) is 0.0142. The van der Waals surface area contributed by atoms with Crippen molar-refractivity contribution in [1.82, 2.24) is 0 Å². The van der Waals surface area contributed by atoms with Gasteiger partial charge in [-0.25, -0.2) is 4.39 Å². The first kappa shape index (κ1) is 14.8. The molecule has 0 spiro atoms. The number of amides is 1. The van der Waals surface area contributed by atoms with Gasteiger partial charge in [-0.05, 0) is 18.2 Å². The lowest BCUT2D eigenvalue weighted by atomic mass is 10.3. The summed E-state index contributed by atoms with van der Waals surface area (Å²) in [5, 5.41) is 10.9. The van der Waals surface area contributed by atoms with Crippen LogP contribution in [0.5, 0.6) is 0 Å². The van der Waals surface area contributed by atoms with E-state index in [0.717, 1.165) is 6.07 Å². The molecule has 1 amide bonds. The Kier molecular flexibility index (Phi) is 5.94. The molecule has 7 heteroatoms. The van der Waals surface area contributed by atoms with Crippen LogP contribution in [0.4, 0.5) is 10.1 Å². The van der Waals surface area contributed by atoms with Crippen molar-refractivity contribution < 1.29 is 19.1 Å². The monoisotopic (exact) mass is 291 g/mol. The molecule has 1 aromatic carbocycles. The molecule has 0 saturated carbocycles. The number of carbonyl (C=O) groups is 2. The number of halogens is 2. The van der Waals surface area contributed by atoms with E-state index < -0.39 is 11.8 Å². The predicted molar refractivity (Wildman–Crippen MR) is 69.6 cm³/mol. The van der Waals surface area contributed by atoms with Crippen molar-refractivity contribution in [2.24, 2.45) is 0 Å². The van der Waals surface area contributed by atoms with Crippen LogP contribution in [0, 0.1) is 5.82 Å². The van der Waals surface area contributed by atoms with Crippen LogP contribution in [0.15, 0.2) is 18.2 Å². The molecule has 0 fully saturated rings. The normalized spacial score (nSPS) is 10.1. The lowest BCUT2D eigenvalue weighted by Crippen LogP contribution is -2.14. The van der Waals surface area contributed by atoms with Crippen LogP contribution in [0.25, 0.3) is 0 Å². The maximum atomic E-state index is 12.9. The van der Waals surface area contributed by atoms with E-state index in [-0.39, 0.29) is 23.1 Å². The van der Waals surface area contributed by atoms with Gasteiger partial charge in [0.05, 0.1) is 17.2 Å². The van der Waals surface area contributed by atoms with Crippen LogP contribution in [-0.4, -0.2) is 28.5 Å². The summed E-state index contributed by atoms with van der Waals surface area (Å²) in [5.41, 5.74) is 0.408. The van der Waals surface area contributed by atoms with Crippen molar-refractivity contribution >= 4 is 40.9 Å². The van der Waals surface area contributed by atoms with Crippen LogP contribution in [0.1, 0.15) is 6.42 Å². The van der Waals surface area contributed by atoms with Crippen molar-refractivity contribution in [2.75, 3.05) is 16.8 Å². The molecule has 0 aliphatic heterocycles. The summed E-state index contributed by atoms with van der Waals surface area (Å²) in [6.45, 7) is 0. The molecule has 98 valence electrons. The van der Waals surface area contributed by atoms with E-state index in [1.165, 1.54) is 23.9 Å². The summed E-state index contributed by atoms with van der Waals surface area (Å²) in [7, 11) is 0. The first-order chi connectivity index (χ1) is 8.49. The summed E-state index contributed by atoms with van der Waals surface area (Å²) in [5.74, 6) is -1.22. The minimum absolute atomic E-state index is 0.0142. The van der Waals surface area contributed by atoms with Crippen LogP contribution in [-0.2, 0) is 9.59 Å². The maximum Gasteiger partial charge on any atom is 0.304 e. The zero-order valence-electron chi connectivity index (χ0n) is 9.28. The second-order valence-corrected chi connectivity index (χ2v) is 4.89. The molecule has 0 aromatic heterocycles. The third-order valence-corrected chi connectivity index (χ3v) is 3.15. The highest BCUT2D eigenvalue weighted by atomic mass is 35.5. The van der Waals surface area contributed by atoms with Crippen LogP contribution in [0.3, 0.4) is 0 Å². The number of carboxylic acids is 1. The Morgan fingerprint density at radius 1 is 1.44 bits per heavy atom. The van der Waals surface area contributed by atoms with Gasteiger partial charge in [0.1, 0.15) is 5.82 Å². The Hall–Kier alpha value is -1.27. The summed E-state index contributed by atoms with van der Waals surface area (Å²) >= 11 is 6.78. The Morgan fingerprint density at radius 2 is 2.17 bits per heavy atom. The molecule has 2 N–H and O–H groups in total. The van der Waals surface area contributed by atoms with Crippen molar-refractivity contribution in [2.45, 2.75) is 6.42 Å². The molecule has 0 bridgehead atoms. The lowest BCUT2D eigenvalue weighted by Gasteiger charge is -2.05. The van der Waals surface area contributed by atoms with E-state index in [1.807, 2.05) is 0 Å². The number of benzene rings is 1. The van der Waals surface area contributed by atoms with Crippen LogP contribution in [0.2, 0.25) is 5.02 Å². The number of thioether (sulfide) groups is 1. The number of carboxylic acid groups (broad SMARTS) is 1. The molecule has 1 rings (SSSR count). The number of hydrogen-bond acceptors (Lipinski definition) is 3. The fraction of sp³-hybridized carbons (Fsp3) is 0.273. The highest BCUT2D eigenvalue weighted by Gasteiger charge is 2.06. The van der Waals surface area contributed by atoms with Gasteiger partial charge >= 0.3 is 5.97 Å². The first-order valence-corrected chi connectivity index (χ1v) is 6.56. The van der Waals surface area contributed by atoms with E-state index in [9.17, 15) is 14.0 Å². The summed E-state index contributed by atoms with van der Waals surface area (Å²) < 4.78 is 12.9. The molecule has 0 saturated heterocycles. The Morgan fingerprint density at radius 3 is 2.78 bits per heavy atom. The standard InChI is InChI=1S/C11H11ClFNO3S/c12-8-5-7(1-2-9(8)13)14-10(15)6-18-4-3-11(16)17/h1-2,5H,3-4,6H2,(H,14,15)(H,16,17). The summed E-state index contributed by atoms with van der Waals surface area (Å²) in [6, 6.07) is 3.88. The second-order valence-electron chi connectivity index (χ2n) is 3.37. The average molecular weight is 292 g/mol. The van der Waals surface area contributed by atoms with Gasteiger partial charge in [-0.3, -0.25) is 9.59 Å². The molecule has 0 unspecified atom stereocenters. The van der Waals surface area contributed by atoms with E-state index in [0.29, 0.717) is 11.4 Å². The molecule has 18 heavy (non-hydrogen) atoms. The Labute approximate surface area is 113 Å². The number of anilines is 1. The average Bonchev–Trinajstić information content (AvgIpc) is 2.29. The van der Waals surface area contributed by atoms with Crippen LogP contribution >= 0.6 is 23.4 Å². The van der Waals surface area contributed by atoms with Crippen molar-refractivity contribution in [3.05, 3.63) is 29.0 Å². The topological polar surface area (TPSA) is 66.4 Å². The Bertz CT molecular complexity index is 456. The molecule has 0 atom stereocenters. The molecule has 0 aliphatic carbocycles. The number of carbonyl (C=O) groups excluding carboxylic acids is 1. The number of rotatable bonds is 6. The minimum Gasteiger partial charge on any atom is -0.481 e. The largest absolute Gasteiger partial charge is 0.481 e. The van der Waals surface area contributed by atoms with Crippen LogP contribution < -0.4 is 5.32 Å². The SMILES string of the molecule is O=C(O)CCSCC(=O)Nc1ccc(F)c(Cl)c1. The molecule has 0 aliphatic rings. The van der Waals surface area contributed by atoms with E-state index >= 15 is 0 Å². The fourth-order valence-corrected chi connectivity index (χ4v) is 2.00. The highest BCUT2D eigenvalue weighted by Crippen LogP contribution is 2.19. The highest BCUT2D eigenvalue weighted by molar-refractivity contribution is 7.99. The second kappa shape index (κ2) is 7.23. The number of aliphatic carboxylic acids is 1. The van der Waals surface area contributed by atoms with Gasteiger partial charge in [0.25, 0.3) is 0 Å². The molecular weight excluding hydrogens is 281 g/mol. The van der Waals surface area contributed by atoms with Gasteiger partial charge in [0.15, 0.2) is 0 Å². The third-order valence-electron chi connectivity index (χ3n) is 1.90. The van der Waals surface area contributed by atoms with Gasteiger partial charge in [0, 0.05) is 11.4 Å². The van der Waals surface area contributed by atoms with E-state index in [1.54, 1.807) is 0 Å². The molecule has 0 heterocycles. The third kappa shape index (κ3) is 5.37. The van der Waals surface area contributed by atoms with Crippen molar-refractivity contribution in [1.29, 1.82) is 0 Å². The quantitative estimate of drug-likeness (QED) is 0.791. The molecule has 4 nitrogen and oxygen atoms in total. The van der Waals surface area contributed by atoms with Gasteiger partial charge in [-0.15, -0.1) is 0 Å². The fourth-order valence-electron chi connectivity index (χ4n) is 1.10. The van der Waals surface area contributed by atoms with Gasteiger partial charge < -0.3 is 10.4 Å². The van der Waals surface area contributed by atoms with Crippen molar-refractivity contribution in [3.8, 4) is 0 Å². The van der Waals surface area contributed by atoms with Gasteiger partial charge in [-0.2, -0.15) is 11.8 Å². The van der Waals surface area contributed by atoms with Gasteiger partial charge in [0.2, 0.25) is 5.91 Å². The molecule has 0 radical (unpaired) electrons. The molecular formula is C11H11ClFNO3S. The zero-order chi connectivity index (χ0) is 13.5.